The average Bonchev–Trinajstić information content (AvgIpc) is 2.11. The van der Waals surface area contributed by atoms with E-state index in [1.165, 1.54) is 7.05 Å². The number of alkyl halides is 3. The maximum atomic E-state index is 11.8. The molecule has 1 heterocycles. The van der Waals surface area contributed by atoms with Crippen LogP contribution in [0.4, 0.5) is 13.2 Å². The van der Waals surface area contributed by atoms with Gasteiger partial charge in [-0.2, -0.15) is 13.2 Å². The van der Waals surface area contributed by atoms with Crippen LogP contribution in [-0.4, -0.2) is 24.5 Å². The van der Waals surface area contributed by atoms with E-state index >= 15 is 0 Å². The lowest BCUT2D eigenvalue weighted by molar-refractivity contribution is -0.103. The third kappa shape index (κ3) is 1.12. The van der Waals surface area contributed by atoms with Gasteiger partial charge in [-0.1, -0.05) is 4.99 Å². The van der Waals surface area contributed by atoms with Gasteiger partial charge in [0, 0.05) is 0 Å². The Labute approximate surface area is 55.7 Å². The van der Waals surface area contributed by atoms with E-state index in [2.05, 4.69) is 4.99 Å². The van der Waals surface area contributed by atoms with E-state index in [0.29, 0.717) is 0 Å². The normalized spacial score (nSPS) is 18.0. The number of halogens is 3. The number of allylic oxidation sites excluding steroid dienone is 1. The summed E-state index contributed by atoms with van der Waals surface area (Å²) >= 11 is 0. The van der Waals surface area contributed by atoms with Crippen LogP contribution < -0.4 is 4.99 Å². The van der Waals surface area contributed by atoms with Gasteiger partial charge in [0.25, 0.3) is 12.0 Å². The summed E-state index contributed by atoms with van der Waals surface area (Å²) in [5, 5.41) is 0. The topological polar surface area (TPSA) is 17.3 Å². The molecule has 0 saturated carbocycles. The maximum absolute atomic E-state index is 11.8. The molecule has 10 heavy (non-hydrogen) atoms. The summed E-state index contributed by atoms with van der Waals surface area (Å²) < 4.78 is 35.5. The summed E-state index contributed by atoms with van der Waals surface area (Å²) in [6.07, 6.45) is -2.38. The van der Waals surface area contributed by atoms with Gasteiger partial charge in [0.1, 0.15) is 0 Å². The molecule has 0 aliphatic carbocycles. The SMILES string of the molecule is CN1C=[N+]C=C1C(F)(F)F. The lowest BCUT2D eigenvalue weighted by Crippen LogP contribution is -2.24. The summed E-state index contributed by atoms with van der Waals surface area (Å²) in [7, 11) is 1.30. The van der Waals surface area contributed by atoms with Crippen molar-refractivity contribution in [1.29, 1.82) is 0 Å². The van der Waals surface area contributed by atoms with E-state index in [0.717, 1.165) is 17.4 Å². The Kier molecular flexibility index (Phi) is 1.42. The van der Waals surface area contributed by atoms with Crippen LogP contribution in [0.2, 0.25) is 0 Å². The second-order valence-corrected chi connectivity index (χ2v) is 1.89. The highest BCUT2D eigenvalue weighted by atomic mass is 19.4. The lowest BCUT2D eigenvalue weighted by Gasteiger charge is -2.07. The van der Waals surface area contributed by atoms with Crippen molar-refractivity contribution in [1.82, 2.24) is 9.89 Å². The third-order valence-corrected chi connectivity index (χ3v) is 1.11. The van der Waals surface area contributed by atoms with Gasteiger partial charge in [-0.05, 0) is 0 Å². The molecule has 0 fully saturated rings. The smallest absolute Gasteiger partial charge is 0.226 e. The van der Waals surface area contributed by atoms with Crippen LogP contribution in [0, 0.1) is 0 Å². The van der Waals surface area contributed by atoms with Crippen LogP contribution in [-0.2, 0) is 0 Å². The first-order valence-electron chi connectivity index (χ1n) is 2.55. The van der Waals surface area contributed by atoms with E-state index in [1.807, 2.05) is 0 Å². The van der Waals surface area contributed by atoms with Gasteiger partial charge in [-0.25, -0.2) is 4.90 Å². The molecule has 0 spiro atoms. The minimum Gasteiger partial charge on any atom is -0.226 e. The molecule has 0 aromatic rings. The molecule has 0 amide bonds. The molecule has 2 nitrogen and oxygen atoms in total. The second kappa shape index (κ2) is 2.00. The van der Waals surface area contributed by atoms with Crippen LogP contribution in [0.5, 0.6) is 0 Å². The standard InChI is InChI=1S/C5H5F3N2/c1-10-3-9-2-4(10)5(6,7)8/h2-3H,1H3/q+1. The van der Waals surface area contributed by atoms with Gasteiger partial charge >= 0.3 is 6.18 Å². The number of rotatable bonds is 0. The van der Waals surface area contributed by atoms with Gasteiger partial charge in [0.15, 0.2) is 6.20 Å². The zero-order valence-electron chi connectivity index (χ0n) is 5.18. The van der Waals surface area contributed by atoms with Gasteiger partial charge in [0.2, 0.25) is 0 Å². The van der Waals surface area contributed by atoms with Crippen molar-refractivity contribution in [2.75, 3.05) is 7.05 Å². The molecule has 1 radical (unpaired) electrons. The molecular weight excluding hydrogens is 145 g/mol. The number of hydrogen-bond acceptors (Lipinski definition) is 2. The molecule has 55 valence electrons. The number of hydrogen-bond donors (Lipinski definition) is 0. The van der Waals surface area contributed by atoms with E-state index in [-0.39, 0.29) is 0 Å². The van der Waals surface area contributed by atoms with Crippen LogP contribution in [0.1, 0.15) is 0 Å². The van der Waals surface area contributed by atoms with Crippen LogP contribution in [0.15, 0.2) is 11.9 Å². The summed E-state index contributed by atoms with van der Waals surface area (Å²) in [5.41, 5.74) is -0.729. The monoisotopic (exact) mass is 150 g/mol. The Hall–Kier alpha value is -1.00. The van der Waals surface area contributed by atoms with Gasteiger partial charge < -0.3 is 0 Å². The van der Waals surface area contributed by atoms with Gasteiger partial charge in [-0.3, -0.25) is 0 Å². The largest absolute Gasteiger partial charge is 0.457 e. The van der Waals surface area contributed by atoms with E-state index in [1.54, 1.807) is 0 Å². The van der Waals surface area contributed by atoms with Crippen molar-refractivity contribution >= 4 is 6.34 Å². The molecule has 5 heteroatoms. The average molecular weight is 150 g/mol. The van der Waals surface area contributed by atoms with Crippen molar-refractivity contribution in [3.8, 4) is 0 Å². The molecule has 0 atom stereocenters. The van der Waals surface area contributed by atoms with Crippen molar-refractivity contribution in [3.05, 3.63) is 11.9 Å². The van der Waals surface area contributed by atoms with Crippen LogP contribution in [0.3, 0.4) is 0 Å². The Morgan fingerprint density at radius 3 is 2.30 bits per heavy atom. The number of aliphatic imine (C=N–C) groups is 1. The molecular formula is C5H5F3N2+. The van der Waals surface area contributed by atoms with Crippen LogP contribution in [0.25, 0.3) is 0 Å². The molecule has 1 aliphatic rings. The zero-order chi connectivity index (χ0) is 7.78. The highest BCUT2D eigenvalue weighted by molar-refractivity contribution is 5.60. The first-order valence-corrected chi connectivity index (χ1v) is 2.55. The molecule has 1 rings (SSSR count). The Morgan fingerprint density at radius 2 is 2.10 bits per heavy atom. The summed E-state index contributed by atoms with van der Waals surface area (Å²) in [6, 6.07) is 0. The van der Waals surface area contributed by atoms with E-state index in [9.17, 15) is 13.2 Å². The Bertz CT molecular complexity index is 192. The second-order valence-electron chi connectivity index (χ2n) is 1.89. The van der Waals surface area contributed by atoms with Crippen molar-refractivity contribution in [3.63, 3.8) is 0 Å². The Morgan fingerprint density at radius 1 is 1.50 bits per heavy atom. The zero-order valence-corrected chi connectivity index (χ0v) is 5.18. The van der Waals surface area contributed by atoms with Crippen molar-refractivity contribution in [2.24, 2.45) is 0 Å². The summed E-state index contributed by atoms with van der Waals surface area (Å²) in [5.74, 6) is 0. The summed E-state index contributed by atoms with van der Waals surface area (Å²) in [4.78, 5) is 4.26. The summed E-state index contributed by atoms with van der Waals surface area (Å²) in [6.45, 7) is 0. The molecule has 0 aromatic carbocycles. The molecule has 0 saturated heterocycles. The van der Waals surface area contributed by atoms with E-state index in [4.69, 9.17) is 0 Å². The predicted octanol–water partition coefficient (Wildman–Crippen LogP) is 0.700. The van der Waals surface area contributed by atoms with E-state index < -0.39 is 11.9 Å². The first kappa shape index (κ1) is 7.11. The highest BCUT2D eigenvalue weighted by Crippen LogP contribution is 2.27. The molecule has 0 unspecified atom stereocenters. The quantitative estimate of drug-likeness (QED) is 0.496. The third-order valence-electron chi connectivity index (χ3n) is 1.11. The lowest BCUT2D eigenvalue weighted by atomic mass is 10.4. The fraction of sp³-hybridized carbons (Fsp3) is 0.400. The molecule has 0 bridgehead atoms. The Balaban J connectivity index is 2.78. The van der Waals surface area contributed by atoms with Crippen LogP contribution >= 0.6 is 0 Å². The first-order chi connectivity index (χ1) is 4.52. The highest BCUT2D eigenvalue weighted by Gasteiger charge is 2.43. The fourth-order valence-corrected chi connectivity index (χ4v) is 0.630. The molecule has 0 aromatic heterocycles. The minimum atomic E-state index is -4.29. The minimum absolute atomic E-state index is 0.729. The van der Waals surface area contributed by atoms with Crippen molar-refractivity contribution < 1.29 is 13.2 Å². The molecule has 0 N–H and O–H groups in total. The fourth-order valence-electron chi connectivity index (χ4n) is 0.630. The predicted molar refractivity (Wildman–Crippen MR) is 30.1 cm³/mol. The molecule has 1 aliphatic heterocycles. The van der Waals surface area contributed by atoms with Gasteiger partial charge in [-0.15, -0.1) is 0 Å². The maximum Gasteiger partial charge on any atom is 0.457 e. The number of nitrogens with zero attached hydrogens (tertiary/aromatic N) is 2. The van der Waals surface area contributed by atoms with Crippen molar-refractivity contribution in [2.45, 2.75) is 6.18 Å². The van der Waals surface area contributed by atoms with Gasteiger partial charge in [0.05, 0.1) is 7.05 Å².